The second-order valence-electron chi connectivity index (χ2n) is 7.13. The van der Waals surface area contributed by atoms with Crippen LogP contribution in [0, 0.1) is 6.92 Å². The fourth-order valence-electron chi connectivity index (χ4n) is 3.25. The predicted molar refractivity (Wildman–Crippen MR) is 97.3 cm³/mol. The lowest BCUT2D eigenvalue weighted by molar-refractivity contribution is -0.144. The molecule has 3 atom stereocenters. The summed E-state index contributed by atoms with van der Waals surface area (Å²) in [5.74, 6) is -0.0714. The Morgan fingerprint density at radius 1 is 1.46 bits per heavy atom. The molecule has 7 heteroatoms. The van der Waals surface area contributed by atoms with E-state index in [0.29, 0.717) is 19.3 Å². The first-order chi connectivity index (χ1) is 12.1. The number of imidazole rings is 1. The third-order valence-electron chi connectivity index (χ3n) is 4.55. The summed E-state index contributed by atoms with van der Waals surface area (Å²) < 4.78 is 18.5. The fraction of sp³-hybridized carbons (Fsp3) is 0.684. The average Bonchev–Trinajstić information content (AvgIpc) is 3.00. The van der Waals surface area contributed by atoms with Crippen molar-refractivity contribution in [3.8, 4) is 0 Å². The maximum atomic E-state index is 11.3. The normalized spacial score (nSPS) is 23.5. The summed E-state index contributed by atoms with van der Waals surface area (Å²) in [5.41, 5.74) is 1.49. The Labute approximate surface area is 155 Å². The molecular formula is C19H30N2O5. The van der Waals surface area contributed by atoms with Gasteiger partial charge in [0, 0.05) is 13.5 Å². The molecule has 7 nitrogen and oxygen atoms in total. The zero-order valence-corrected chi connectivity index (χ0v) is 16.5. The molecule has 0 spiro atoms. The molecule has 1 N–H and O–H groups in total. The van der Waals surface area contributed by atoms with E-state index in [1.165, 1.54) is 7.11 Å². The standard InChI is InChI=1S/C19H30N2O5/c1-12(22)18-14(20-13(2)21(18)5)10-11-16-15(25-19(3,4)26-16)8-7-9-17(23)24-6/h10-12,15-16,22H,7-9H2,1-6H3/b11-10+/t12-,15+,16-/m1/s1. The van der Waals surface area contributed by atoms with Gasteiger partial charge in [0.25, 0.3) is 0 Å². The lowest BCUT2D eigenvalue weighted by Crippen LogP contribution is -2.21. The van der Waals surface area contributed by atoms with Gasteiger partial charge in [-0.15, -0.1) is 0 Å². The predicted octanol–water partition coefficient (Wildman–Crippen LogP) is 2.66. The molecule has 0 amide bonds. The third-order valence-corrected chi connectivity index (χ3v) is 4.55. The molecular weight excluding hydrogens is 336 g/mol. The SMILES string of the molecule is COC(=O)CCC[C@@H]1OC(C)(C)O[C@@H]1/C=C/c1nc(C)n(C)c1[C@@H](C)O. The number of hydrogen-bond acceptors (Lipinski definition) is 6. The van der Waals surface area contributed by atoms with Crippen molar-refractivity contribution in [2.75, 3.05) is 7.11 Å². The van der Waals surface area contributed by atoms with Crippen molar-refractivity contribution < 1.29 is 24.1 Å². The highest BCUT2D eigenvalue weighted by Gasteiger charge is 2.39. The Hall–Kier alpha value is -1.70. The van der Waals surface area contributed by atoms with Gasteiger partial charge in [0.2, 0.25) is 0 Å². The second kappa shape index (κ2) is 8.33. The van der Waals surface area contributed by atoms with Crippen LogP contribution in [0.1, 0.15) is 63.3 Å². The molecule has 1 saturated heterocycles. The van der Waals surface area contributed by atoms with Crippen molar-refractivity contribution in [1.82, 2.24) is 9.55 Å². The molecule has 0 aromatic carbocycles. The minimum atomic E-state index is -0.682. The van der Waals surface area contributed by atoms with Crippen molar-refractivity contribution in [3.63, 3.8) is 0 Å². The minimum Gasteiger partial charge on any atom is -0.469 e. The number of esters is 1. The molecule has 1 aromatic rings. The van der Waals surface area contributed by atoms with Crippen molar-refractivity contribution in [2.24, 2.45) is 7.05 Å². The van der Waals surface area contributed by atoms with Crippen molar-refractivity contribution in [3.05, 3.63) is 23.3 Å². The highest BCUT2D eigenvalue weighted by Crippen LogP contribution is 2.32. The summed E-state index contributed by atoms with van der Waals surface area (Å²) in [6, 6.07) is 0. The molecule has 26 heavy (non-hydrogen) atoms. The van der Waals surface area contributed by atoms with E-state index < -0.39 is 11.9 Å². The van der Waals surface area contributed by atoms with Gasteiger partial charge in [-0.05, 0) is 46.6 Å². The van der Waals surface area contributed by atoms with E-state index in [0.717, 1.165) is 17.2 Å². The van der Waals surface area contributed by atoms with Gasteiger partial charge in [0.1, 0.15) is 11.9 Å². The number of carbonyl (C=O) groups is 1. The average molecular weight is 366 g/mol. The first-order valence-corrected chi connectivity index (χ1v) is 8.96. The number of hydrogen-bond donors (Lipinski definition) is 1. The molecule has 146 valence electrons. The van der Waals surface area contributed by atoms with Gasteiger partial charge in [-0.2, -0.15) is 0 Å². The Morgan fingerprint density at radius 3 is 2.77 bits per heavy atom. The number of nitrogens with zero attached hydrogens (tertiary/aromatic N) is 2. The molecule has 0 saturated carbocycles. The number of carbonyl (C=O) groups excluding carboxylic acids is 1. The number of aromatic nitrogens is 2. The van der Waals surface area contributed by atoms with Gasteiger partial charge in [0.05, 0.1) is 30.7 Å². The van der Waals surface area contributed by atoms with Crippen LogP contribution in [0.3, 0.4) is 0 Å². The van der Waals surface area contributed by atoms with Crippen LogP contribution in [0.15, 0.2) is 6.08 Å². The van der Waals surface area contributed by atoms with Crippen molar-refractivity contribution in [1.29, 1.82) is 0 Å². The van der Waals surface area contributed by atoms with E-state index in [1.807, 2.05) is 44.5 Å². The van der Waals surface area contributed by atoms with Crippen LogP contribution in [-0.2, 0) is 26.1 Å². The maximum Gasteiger partial charge on any atom is 0.305 e. The van der Waals surface area contributed by atoms with E-state index in [9.17, 15) is 9.90 Å². The van der Waals surface area contributed by atoms with E-state index in [2.05, 4.69) is 9.72 Å². The van der Waals surface area contributed by atoms with Crippen LogP contribution in [0.4, 0.5) is 0 Å². The molecule has 0 radical (unpaired) electrons. The molecule has 2 heterocycles. The summed E-state index contributed by atoms with van der Waals surface area (Å²) in [6.07, 6.45) is 4.51. The van der Waals surface area contributed by atoms with Crippen LogP contribution >= 0.6 is 0 Å². The summed E-state index contributed by atoms with van der Waals surface area (Å²) >= 11 is 0. The molecule has 0 aliphatic carbocycles. The third kappa shape index (κ3) is 4.93. The highest BCUT2D eigenvalue weighted by molar-refractivity contribution is 5.69. The number of rotatable bonds is 7. The Kier molecular flexibility index (Phi) is 6.60. The largest absolute Gasteiger partial charge is 0.469 e. The van der Waals surface area contributed by atoms with Gasteiger partial charge in [-0.3, -0.25) is 4.79 Å². The molecule has 0 bridgehead atoms. The molecule has 0 unspecified atom stereocenters. The Morgan fingerprint density at radius 2 is 2.15 bits per heavy atom. The number of ether oxygens (including phenoxy) is 3. The maximum absolute atomic E-state index is 11.3. The van der Waals surface area contributed by atoms with Crippen LogP contribution in [0.2, 0.25) is 0 Å². The monoisotopic (exact) mass is 366 g/mol. The Balaban J connectivity index is 2.11. The quantitative estimate of drug-likeness (QED) is 0.747. The second-order valence-corrected chi connectivity index (χ2v) is 7.13. The van der Waals surface area contributed by atoms with E-state index in [4.69, 9.17) is 9.47 Å². The first-order valence-electron chi connectivity index (χ1n) is 8.96. The van der Waals surface area contributed by atoms with Gasteiger partial charge in [-0.1, -0.05) is 6.08 Å². The summed E-state index contributed by atoms with van der Waals surface area (Å²) in [6.45, 7) is 7.37. The van der Waals surface area contributed by atoms with Crippen molar-refractivity contribution in [2.45, 2.75) is 71.1 Å². The molecule has 1 fully saturated rings. The lowest BCUT2D eigenvalue weighted by atomic mass is 10.1. The number of aliphatic hydroxyl groups is 1. The molecule has 1 aromatic heterocycles. The van der Waals surface area contributed by atoms with Gasteiger partial charge in [0.15, 0.2) is 5.79 Å². The zero-order valence-electron chi connectivity index (χ0n) is 16.5. The van der Waals surface area contributed by atoms with Crippen LogP contribution in [-0.4, -0.2) is 45.7 Å². The van der Waals surface area contributed by atoms with Crippen molar-refractivity contribution >= 4 is 12.0 Å². The zero-order chi connectivity index (χ0) is 19.5. The van der Waals surface area contributed by atoms with Gasteiger partial charge in [-0.25, -0.2) is 4.98 Å². The van der Waals surface area contributed by atoms with E-state index in [-0.39, 0.29) is 18.2 Å². The summed E-state index contributed by atoms with van der Waals surface area (Å²) in [5, 5.41) is 10.0. The topological polar surface area (TPSA) is 82.8 Å². The Bertz CT molecular complexity index is 663. The number of aliphatic hydroxyl groups excluding tert-OH is 1. The lowest BCUT2D eigenvalue weighted by Gasteiger charge is -2.16. The highest BCUT2D eigenvalue weighted by atomic mass is 16.7. The van der Waals surface area contributed by atoms with E-state index >= 15 is 0 Å². The van der Waals surface area contributed by atoms with Gasteiger partial charge >= 0.3 is 5.97 Å². The number of methoxy groups -OCH3 is 1. The van der Waals surface area contributed by atoms with Crippen LogP contribution in [0.25, 0.3) is 6.08 Å². The molecule has 1 aliphatic rings. The molecule has 1 aliphatic heterocycles. The number of aryl methyl sites for hydroxylation is 1. The van der Waals surface area contributed by atoms with E-state index in [1.54, 1.807) is 6.92 Å². The first kappa shape index (κ1) is 20.6. The van der Waals surface area contributed by atoms with Crippen LogP contribution in [0.5, 0.6) is 0 Å². The van der Waals surface area contributed by atoms with Crippen LogP contribution < -0.4 is 0 Å². The fourth-order valence-corrected chi connectivity index (χ4v) is 3.25. The molecule has 2 rings (SSSR count). The van der Waals surface area contributed by atoms with Gasteiger partial charge < -0.3 is 23.9 Å². The summed E-state index contributed by atoms with van der Waals surface area (Å²) in [7, 11) is 3.27. The summed E-state index contributed by atoms with van der Waals surface area (Å²) in [4.78, 5) is 15.8. The smallest absolute Gasteiger partial charge is 0.305 e. The minimum absolute atomic E-state index is 0.147.